The average molecular weight is 733 g/mol. The van der Waals surface area contributed by atoms with Crippen LogP contribution < -0.4 is 0 Å². The van der Waals surface area contributed by atoms with E-state index in [9.17, 15) is 0 Å². The molecule has 5 heteroatoms. The molecule has 0 bridgehead atoms. The number of aromatic nitrogens is 4. The molecule has 262 valence electrons. The van der Waals surface area contributed by atoms with Crippen molar-refractivity contribution in [1.82, 2.24) is 19.9 Å². The van der Waals surface area contributed by atoms with Crippen molar-refractivity contribution >= 4 is 31.5 Å². The number of hydrogen-bond donors (Lipinski definition) is 0. The van der Waals surface area contributed by atoms with Gasteiger partial charge in [0.15, 0.2) is 11.6 Å². The highest BCUT2D eigenvalue weighted by molar-refractivity contribution is 7.27. The van der Waals surface area contributed by atoms with Gasteiger partial charge in [0.1, 0.15) is 0 Å². The number of hydrogen-bond acceptors (Lipinski definition) is 5. The smallest absolute Gasteiger partial charge is 0.159 e. The molecule has 0 fully saturated rings. The van der Waals surface area contributed by atoms with Crippen LogP contribution in [0.2, 0.25) is 0 Å². The SMILES string of the molecule is c1ccc(-c2ncc(-c3ccc4c5c3sc3c(-c6cnc(-c7ccccc7)nc6)ccc(c35)C(c3ccccc3)(c3ccccc3)c3ccccc3-4)cn2)cc1. The van der Waals surface area contributed by atoms with Gasteiger partial charge < -0.3 is 0 Å². The third kappa shape index (κ3) is 4.91. The first-order valence-electron chi connectivity index (χ1n) is 18.8. The van der Waals surface area contributed by atoms with Crippen LogP contribution in [0.15, 0.2) is 195 Å². The van der Waals surface area contributed by atoms with Crippen LogP contribution in [0.3, 0.4) is 0 Å². The van der Waals surface area contributed by atoms with Gasteiger partial charge in [-0.1, -0.05) is 170 Å². The lowest BCUT2D eigenvalue weighted by molar-refractivity contribution is 0.756. The Kier molecular flexibility index (Phi) is 7.54. The van der Waals surface area contributed by atoms with Gasteiger partial charge in [-0.05, 0) is 33.4 Å². The minimum Gasteiger partial charge on any atom is -0.236 e. The van der Waals surface area contributed by atoms with E-state index in [1.54, 1.807) is 0 Å². The minimum atomic E-state index is -0.614. The van der Waals surface area contributed by atoms with E-state index in [2.05, 4.69) is 109 Å². The van der Waals surface area contributed by atoms with Crippen molar-refractivity contribution in [2.75, 3.05) is 0 Å². The second kappa shape index (κ2) is 13.0. The molecular weight excluding hydrogens is 701 g/mol. The zero-order valence-electron chi connectivity index (χ0n) is 30.2. The Morgan fingerprint density at radius 1 is 0.321 bits per heavy atom. The number of benzene rings is 7. The van der Waals surface area contributed by atoms with Crippen molar-refractivity contribution in [3.05, 3.63) is 217 Å². The van der Waals surface area contributed by atoms with E-state index < -0.39 is 5.41 Å². The van der Waals surface area contributed by atoms with Crippen LogP contribution >= 0.6 is 11.3 Å². The predicted octanol–water partition coefficient (Wildman–Crippen LogP) is 12.7. The molecule has 3 heterocycles. The quantitative estimate of drug-likeness (QED) is 0.171. The van der Waals surface area contributed by atoms with Crippen LogP contribution in [-0.2, 0) is 5.41 Å². The zero-order valence-corrected chi connectivity index (χ0v) is 31.0. The van der Waals surface area contributed by atoms with E-state index in [0.717, 1.165) is 33.4 Å². The molecule has 7 aromatic carbocycles. The summed E-state index contributed by atoms with van der Waals surface area (Å²) in [6.45, 7) is 0. The van der Waals surface area contributed by atoms with Gasteiger partial charge in [-0.2, -0.15) is 0 Å². The lowest BCUT2D eigenvalue weighted by Gasteiger charge is -2.38. The number of thiophene rings is 1. The van der Waals surface area contributed by atoms with Crippen LogP contribution in [0.1, 0.15) is 22.3 Å². The Bertz CT molecular complexity index is 3000. The second-order valence-electron chi connectivity index (χ2n) is 14.2. The Hall–Kier alpha value is -7.08. The maximum atomic E-state index is 4.89. The van der Waals surface area contributed by atoms with Crippen LogP contribution in [0.4, 0.5) is 0 Å². The lowest BCUT2D eigenvalue weighted by atomic mass is 9.63. The van der Waals surface area contributed by atoms with Crippen LogP contribution in [0.5, 0.6) is 0 Å². The van der Waals surface area contributed by atoms with Crippen molar-refractivity contribution in [2.45, 2.75) is 5.41 Å². The molecule has 1 aliphatic rings. The third-order valence-electron chi connectivity index (χ3n) is 11.2. The summed E-state index contributed by atoms with van der Waals surface area (Å²) in [4.78, 5) is 19.5. The normalized spacial score (nSPS) is 12.8. The highest BCUT2D eigenvalue weighted by atomic mass is 32.1. The predicted molar refractivity (Wildman–Crippen MR) is 230 cm³/mol. The standard InChI is InChI=1S/C51H32N4S/c1-5-15-33(16-6-1)49-52-29-35(30-53-49)39-25-26-42-41-23-13-14-24-43(41)51(37-19-9-3-10-20-37,38-21-11-4-12-22-38)44-28-27-40(48-46(44)45(42)47(39)56-48)36-31-54-50(55-32-36)34-17-7-2-8-18-34/h1-32H. The first kappa shape index (κ1) is 32.4. The van der Waals surface area contributed by atoms with E-state index >= 15 is 0 Å². The fraction of sp³-hybridized carbons (Fsp3) is 0.0196. The van der Waals surface area contributed by atoms with E-state index in [1.165, 1.54) is 53.6 Å². The molecule has 56 heavy (non-hydrogen) atoms. The van der Waals surface area contributed by atoms with Crippen LogP contribution in [0.25, 0.3) is 76.3 Å². The largest absolute Gasteiger partial charge is 0.236 e. The van der Waals surface area contributed by atoms with E-state index in [4.69, 9.17) is 19.9 Å². The molecule has 0 atom stereocenters. The van der Waals surface area contributed by atoms with Gasteiger partial charge in [0.25, 0.3) is 0 Å². The van der Waals surface area contributed by atoms with Gasteiger partial charge in [-0.15, -0.1) is 11.3 Å². The number of nitrogens with zero attached hydrogens (tertiary/aromatic N) is 4. The van der Waals surface area contributed by atoms with Gasteiger partial charge in [-0.25, -0.2) is 19.9 Å². The molecule has 0 amide bonds. The highest BCUT2D eigenvalue weighted by Gasteiger charge is 2.44. The monoisotopic (exact) mass is 732 g/mol. The molecule has 0 spiro atoms. The minimum absolute atomic E-state index is 0.614. The Balaban J connectivity index is 1.25. The van der Waals surface area contributed by atoms with Crippen molar-refractivity contribution in [1.29, 1.82) is 0 Å². The lowest BCUT2D eigenvalue weighted by Crippen LogP contribution is -2.31. The topological polar surface area (TPSA) is 51.6 Å². The maximum absolute atomic E-state index is 4.89. The van der Waals surface area contributed by atoms with Crippen molar-refractivity contribution in [3.63, 3.8) is 0 Å². The van der Waals surface area contributed by atoms with Crippen LogP contribution in [-0.4, -0.2) is 19.9 Å². The van der Waals surface area contributed by atoms with Crippen molar-refractivity contribution in [2.24, 2.45) is 0 Å². The van der Waals surface area contributed by atoms with Crippen molar-refractivity contribution < 1.29 is 0 Å². The maximum Gasteiger partial charge on any atom is 0.159 e. The zero-order chi connectivity index (χ0) is 37.1. The molecule has 0 aliphatic heterocycles. The fourth-order valence-electron chi connectivity index (χ4n) is 8.73. The first-order chi connectivity index (χ1) is 27.8. The molecule has 10 aromatic rings. The number of fused-ring (bicyclic) bond motifs is 2. The molecule has 0 unspecified atom stereocenters. The van der Waals surface area contributed by atoms with E-state index in [0.29, 0.717) is 11.6 Å². The van der Waals surface area contributed by atoms with Gasteiger partial charge in [0.05, 0.1) is 5.41 Å². The van der Waals surface area contributed by atoms with E-state index in [1.807, 2.05) is 96.8 Å². The van der Waals surface area contributed by atoms with Crippen molar-refractivity contribution in [3.8, 4) is 56.2 Å². The van der Waals surface area contributed by atoms with E-state index in [-0.39, 0.29) is 0 Å². The average Bonchev–Trinajstić information content (AvgIpc) is 3.64. The van der Waals surface area contributed by atoms with Gasteiger partial charge in [-0.3, -0.25) is 0 Å². The summed E-state index contributed by atoms with van der Waals surface area (Å²) in [7, 11) is 0. The molecule has 0 saturated carbocycles. The molecule has 3 aromatic heterocycles. The Labute approximate surface area is 328 Å². The van der Waals surface area contributed by atoms with Gasteiger partial charge in [0, 0.05) is 78.3 Å². The molecule has 0 N–H and O–H groups in total. The molecule has 1 aliphatic carbocycles. The molecule has 0 saturated heterocycles. The molecule has 0 radical (unpaired) electrons. The van der Waals surface area contributed by atoms with Gasteiger partial charge in [0.2, 0.25) is 0 Å². The molecule has 11 rings (SSSR count). The summed E-state index contributed by atoms with van der Waals surface area (Å²) in [5.74, 6) is 1.42. The Morgan fingerprint density at radius 2 is 0.750 bits per heavy atom. The number of rotatable bonds is 6. The fourth-order valence-corrected chi connectivity index (χ4v) is 10.2. The first-order valence-corrected chi connectivity index (χ1v) is 19.6. The highest BCUT2D eigenvalue weighted by Crippen LogP contribution is 2.58. The summed E-state index contributed by atoms with van der Waals surface area (Å²) in [6.07, 6.45) is 7.89. The summed E-state index contributed by atoms with van der Waals surface area (Å²) in [5, 5.41) is 2.49. The second-order valence-corrected chi connectivity index (χ2v) is 15.2. The summed E-state index contributed by atoms with van der Waals surface area (Å²) >= 11 is 1.84. The summed E-state index contributed by atoms with van der Waals surface area (Å²) in [6, 6.07) is 60.6. The molecular formula is C51H32N4S. The Morgan fingerprint density at radius 3 is 1.29 bits per heavy atom. The summed E-state index contributed by atoms with van der Waals surface area (Å²) < 4.78 is 2.41. The van der Waals surface area contributed by atoms with Gasteiger partial charge >= 0.3 is 0 Å². The summed E-state index contributed by atoms with van der Waals surface area (Å²) in [5.41, 5.74) is 13.0. The third-order valence-corrected chi connectivity index (χ3v) is 12.5. The van der Waals surface area contributed by atoms with Crippen LogP contribution in [0, 0.1) is 0 Å². The molecule has 4 nitrogen and oxygen atoms in total.